The highest BCUT2D eigenvalue weighted by atomic mass is 35.5. The van der Waals surface area contributed by atoms with Gasteiger partial charge >= 0.3 is 5.97 Å². The van der Waals surface area contributed by atoms with Crippen LogP contribution < -0.4 is 5.73 Å². The second kappa shape index (κ2) is 4.66. The number of nitrogens with two attached hydrogens (primary N) is 1. The standard InChI is InChI=1S/C11H9ClFN3O2/c12-7-1-2-8(13)6(3-7)4-16-5-9(14)10(15-16)11(17)18/h1-3,5H,4,14H2,(H,17,18). The number of carboxylic acid groups (broad SMARTS) is 1. The Morgan fingerprint density at radius 3 is 2.89 bits per heavy atom. The lowest BCUT2D eigenvalue weighted by Gasteiger charge is -2.03. The van der Waals surface area contributed by atoms with Gasteiger partial charge in [0.25, 0.3) is 0 Å². The SMILES string of the molecule is Nc1cn(Cc2cc(Cl)ccc2F)nc1C(=O)O. The normalized spacial score (nSPS) is 10.6. The fourth-order valence-electron chi connectivity index (χ4n) is 1.52. The Balaban J connectivity index is 2.31. The fraction of sp³-hybridized carbons (Fsp3) is 0.0909. The summed E-state index contributed by atoms with van der Waals surface area (Å²) < 4.78 is 14.7. The molecule has 94 valence electrons. The average Bonchev–Trinajstić information content (AvgIpc) is 2.65. The first-order chi connectivity index (χ1) is 8.47. The molecule has 7 heteroatoms. The van der Waals surface area contributed by atoms with Gasteiger partial charge in [-0.05, 0) is 18.2 Å². The molecule has 2 aromatic rings. The third-order valence-corrected chi connectivity index (χ3v) is 2.57. The van der Waals surface area contributed by atoms with Crippen LogP contribution in [-0.4, -0.2) is 20.9 Å². The van der Waals surface area contributed by atoms with E-state index in [-0.39, 0.29) is 17.9 Å². The summed E-state index contributed by atoms with van der Waals surface area (Å²) in [5.41, 5.74) is 5.57. The van der Waals surface area contributed by atoms with Gasteiger partial charge in [-0.15, -0.1) is 0 Å². The van der Waals surface area contributed by atoms with Gasteiger partial charge in [-0.25, -0.2) is 9.18 Å². The predicted octanol–water partition coefficient (Wildman–Crippen LogP) is 2.00. The zero-order valence-electron chi connectivity index (χ0n) is 9.10. The first-order valence-corrected chi connectivity index (χ1v) is 5.35. The minimum atomic E-state index is -1.22. The number of hydrogen-bond acceptors (Lipinski definition) is 3. The van der Waals surface area contributed by atoms with Crippen molar-refractivity contribution in [1.29, 1.82) is 0 Å². The lowest BCUT2D eigenvalue weighted by molar-refractivity contribution is 0.0690. The van der Waals surface area contributed by atoms with Gasteiger partial charge in [0, 0.05) is 16.8 Å². The second-order valence-electron chi connectivity index (χ2n) is 3.67. The molecule has 0 fully saturated rings. The number of anilines is 1. The van der Waals surface area contributed by atoms with Gasteiger partial charge < -0.3 is 10.8 Å². The second-order valence-corrected chi connectivity index (χ2v) is 4.11. The van der Waals surface area contributed by atoms with E-state index in [9.17, 15) is 9.18 Å². The molecule has 0 unspecified atom stereocenters. The topological polar surface area (TPSA) is 81.1 Å². The number of nitrogen functional groups attached to an aromatic ring is 1. The number of carboxylic acids is 1. The monoisotopic (exact) mass is 269 g/mol. The Morgan fingerprint density at radius 1 is 1.56 bits per heavy atom. The maximum Gasteiger partial charge on any atom is 0.358 e. The highest BCUT2D eigenvalue weighted by Gasteiger charge is 2.14. The van der Waals surface area contributed by atoms with Crippen molar-refractivity contribution >= 4 is 23.3 Å². The Hall–Kier alpha value is -2.08. The smallest absolute Gasteiger partial charge is 0.358 e. The summed E-state index contributed by atoms with van der Waals surface area (Å²) in [5.74, 6) is -1.66. The Bertz CT molecular complexity index is 612. The molecule has 0 aliphatic heterocycles. The molecule has 0 bridgehead atoms. The fourth-order valence-corrected chi connectivity index (χ4v) is 1.72. The molecule has 1 aromatic heterocycles. The molecule has 0 saturated carbocycles. The van der Waals surface area contributed by atoms with E-state index in [1.807, 2.05) is 0 Å². The third-order valence-electron chi connectivity index (χ3n) is 2.33. The van der Waals surface area contributed by atoms with Crippen molar-refractivity contribution < 1.29 is 14.3 Å². The number of hydrogen-bond donors (Lipinski definition) is 2. The van der Waals surface area contributed by atoms with Crippen LogP contribution in [0.25, 0.3) is 0 Å². The van der Waals surface area contributed by atoms with Gasteiger partial charge in [-0.3, -0.25) is 4.68 Å². The Labute approximate surface area is 107 Å². The molecule has 2 rings (SSSR count). The zero-order valence-corrected chi connectivity index (χ0v) is 9.86. The van der Waals surface area contributed by atoms with Gasteiger partial charge in [-0.2, -0.15) is 5.10 Å². The maximum atomic E-state index is 13.5. The van der Waals surface area contributed by atoms with Crippen LogP contribution in [0.3, 0.4) is 0 Å². The van der Waals surface area contributed by atoms with E-state index in [2.05, 4.69) is 5.10 Å². The molecule has 0 amide bonds. The first-order valence-electron chi connectivity index (χ1n) is 4.97. The van der Waals surface area contributed by atoms with Crippen molar-refractivity contribution in [3.05, 3.63) is 46.5 Å². The molecule has 18 heavy (non-hydrogen) atoms. The van der Waals surface area contributed by atoms with Crippen molar-refractivity contribution in [3.63, 3.8) is 0 Å². The zero-order chi connectivity index (χ0) is 13.3. The van der Waals surface area contributed by atoms with Crippen LogP contribution >= 0.6 is 11.6 Å². The van der Waals surface area contributed by atoms with E-state index >= 15 is 0 Å². The van der Waals surface area contributed by atoms with Gasteiger partial charge in [0.2, 0.25) is 0 Å². The van der Waals surface area contributed by atoms with Crippen LogP contribution in [0.15, 0.2) is 24.4 Å². The summed E-state index contributed by atoms with van der Waals surface area (Å²) in [4.78, 5) is 10.8. The average molecular weight is 270 g/mol. The highest BCUT2D eigenvalue weighted by molar-refractivity contribution is 6.30. The number of carbonyl (C=O) groups is 1. The van der Waals surface area contributed by atoms with E-state index in [0.29, 0.717) is 10.6 Å². The Morgan fingerprint density at radius 2 is 2.28 bits per heavy atom. The summed E-state index contributed by atoms with van der Waals surface area (Å²) in [6, 6.07) is 4.12. The number of aromatic nitrogens is 2. The van der Waals surface area contributed by atoms with E-state index in [1.165, 1.54) is 29.1 Å². The summed E-state index contributed by atoms with van der Waals surface area (Å²) in [5, 5.41) is 12.9. The van der Waals surface area contributed by atoms with E-state index in [1.54, 1.807) is 0 Å². The van der Waals surface area contributed by atoms with Gasteiger partial charge in [0.15, 0.2) is 5.69 Å². The molecule has 1 aromatic carbocycles. The number of aromatic carboxylic acids is 1. The van der Waals surface area contributed by atoms with E-state index < -0.39 is 11.8 Å². The van der Waals surface area contributed by atoms with Crippen molar-refractivity contribution in [2.75, 3.05) is 5.73 Å². The van der Waals surface area contributed by atoms with Crippen molar-refractivity contribution in [3.8, 4) is 0 Å². The van der Waals surface area contributed by atoms with Crippen LogP contribution in [0.1, 0.15) is 16.1 Å². The quantitative estimate of drug-likeness (QED) is 0.893. The number of halogens is 2. The molecule has 1 heterocycles. The van der Waals surface area contributed by atoms with Gasteiger partial charge in [0.1, 0.15) is 5.82 Å². The number of benzene rings is 1. The minimum Gasteiger partial charge on any atom is -0.476 e. The van der Waals surface area contributed by atoms with E-state index in [4.69, 9.17) is 22.4 Å². The maximum absolute atomic E-state index is 13.5. The molecular formula is C11H9ClFN3O2. The lowest BCUT2D eigenvalue weighted by Crippen LogP contribution is -2.05. The van der Waals surface area contributed by atoms with Crippen LogP contribution in [0.4, 0.5) is 10.1 Å². The summed E-state index contributed by atoms with van der Waals surface area (Å²) >= 11 is 5.75. The lowest BCUT2D eigenvalue weighted by atomic mass is 10.2. The molecule has 0 atom stereocenters. The minimum absolute atomic E-state index is 0.0323. The molecular weight excluding hydrogens is 261 g/mol. The van der Waals surface area contributed by atoms with E-state index in [0.717, 1.165) is 0 Å². The largest absolute Gasteiger partial charge is 0.476 e. The molecule has 0 saturated heterocycles. The number of rotatable bonds is 3. The molecule has 3 N–H and O–H groups in total. The van der Waals surface area contributed by atoms with Crippen LogP contribution in [0.2, 0.25) is 5.02 Å². The molecule has 0 radical (unpaired) electrons. The van der Waals surface area contributed by atoms with Crippen molar-refractivity contribution in [1.82, 2.24) is 9.78 Å². The van der Waals surface area contributed by atoms with Crippen LogP contribution in [-0.2, 0) is 6.54 Å². The molecule has 0 aliphatic rings. The molecule has 5 nitrogen and oxygen atoms in total. The summed E-state index contributed by atoms with van der Waals surface area (Å²) in [6.45, 7) is 0.0594. The van der Waals surface area contributed by atoms with Gasteiger partial charge in [-0.1, -0.05) is 11.6 Å². The summed E-state index contributed by atoms with van der Waals surface area (Å²) in [7, 11) is 0. The van der Waals surface area contributed by atoms with Crippen LogP contribution in [0, 0.1) is 5.82 Å². The first kappa shape index (κ1) is 12.4. The Kier molecular flexibility index (Phi) is 3.20. The highest BCUT2D eigenvalue weighted by Crippen LogP contribution is 2.17. The molecule has 0 spiro atoms. The summed E-state index contributed by atoms with van der Waals surface area (Å²) in [6.07, 6.45) is 1.34. The van der Waals surface area contributed by atoms with Crippen LogP contribution in [0.5, 0.6) is 0 Å². The number of nitrogens with zero attached hydrogens (tertiary/aromatic N) is 2. The van der Waals surface area contributed by atoms with Crippen molar-refractivity contribution in [2.45, 2.75) is 6.54 Å². The molecule has 0 aliphatic carbocycles. The predicted molar refractivity (Wildman–Crippen MR) is 64.1 cm³/mol. The van der Waals surface area contributed by atoms with Crippen molar-refractivity contribution in [2.24, 2.45) is 0 Å². The van der Waals surface area contributed by atoms with Gasteiger partial charge in [0.05, 0.1) is 12.2 Å². The third kappa shape index (κ3) is 2.43.